The number of hydrogen-bond donors (Lipinski definition) is 2. The number of anilines is 2. The number of nitrogens with two attached hydrogens (primary N) is 1. The molecule has 19 heavy (non-hydrogen) atoms. The molecule has 0 aliphatic heterocycles. The molecular weight excluding hydrogens is 244 g/mol. The van der Waals surface area contributed by atoms with Crippen LogP contribution >= 0.6 is 0 Å². The monoisotopic (exact) mass is 260 g/mol. The first-order chi connectivity index (χ1) is 9.21. The van der Waals surface area contributed by atoms with Gasteiger partial charge in [-0.15, -0.1) is 0 Å². The van der Waals surface area contributed by atoms with E-state index >= 15 is 0 Å². The highest BCUT2D eigenvalue weighted by atomic mass is 16.5. The lowest BCUT2D eigenvalue weighted by atomic mass is 10.3. The first-order valence-electron chi connectivity index (χ1n) is 5.94. The summed E-state index contributed by atoms with van der Waals surface area (Å²) in [6.45, 7) is 2.57. The minimum Gasteiger partial charge on any atom is -0.494 e. The second-order valence-corrected chi connectivity index (χ2v) is 3.71. The number of nitrogens with one attached hydrogen (secondary N) is 1. The molecule has 100 valence electrons. The SMILES string of the molecule is CCOc1ccc(Oc2cc(NC)nc(N)n2)cc1. The molecule has 0 unspecified atom stereocenters. The predicted molar refractivity (Wildman–Crippen MR) is 73.7 cm³/mol. The Morgan fingerprint density at radius 2 is 1.84 bits per heavy atom. The third-order valence-corrected chi connectivity index (χ3v) is 2.33. The van der Waals surface area contributed by atoms with Gasteiger partial charge in [-0.2, -0.15) is 9.97 Å². The maximum atomic E-state index is 5.61. The molecule has 1 aromatic carbocycles. The molecular formula is C13H16N4O2. The van der Waals surface area contributed by atoms with Gasteiger partial charge >= 0.3 is 0 Å². The molecule has 0 atom stereocenters. The lowest BCUT2D eigenvalue weighted by molar-refractivity contribution is 0.339. The summed E-state index contributed by atoms with van der Waals surface area (Å²) in [6.07, 6.45) is 0. The molecule has 0 radical (unpaired) electrons. The Morgan fingerprint density at radius 1 is 1.16 bits per heavy atom. The maximum Gasteiger partial charge on any atom is 0.226 e. The second-order valence-electron chi connectivity index (χ2n) is 3.71. The number of nitrogens with zero attached hydrogens (tertiary/aromatic N) is 2. The Balaban J connectivity index is 2.14. The summed E-state index contributed by atoms with van der Waals surface area (Å²) in [5.41, 5.74) is 5.59. The van der Waals surface area contributed by atoms with Crippen molar-refractivity contribution in [2.24, 2.45) is 0 Å². The van der Waals surface area contributed by atoms with Crippen LogP contribution in [0.1, 0.15) is 6.92 Å². The number of benzene rings is 1. The second kappa shape index (κ2) is 5.90. The Bertz CT molecular complexity index is 543. The van der Waals surface area contributed by atoms with Crippen LogP contribution < -0.4 is 20.5 Å². The van der Waals surface area contributed by atoms with Crippen molar-refractivity contribution in [1.29, 1.82) is 0 Å². The molecule has 0 saturated carbocycles. The molecule has 6 heteroatoms. The Morgan fingerprint density at radius 3 is 2.47 bits per heavy atom. The molecule has 0 aliphatic rings. The summed E-state index contributed by atoms with van der Waals surface area (Å²) in [7, 11) is 1.75. The Hall–Kier alpha value is -2.50. The standard InChI is InChI=1S/C13H16N4O2/c1-3-18-9-4-6-10(7-5-9)19-12-8-11(15-2)16-13(14)17-12/h4-8H,3H2,1-2H3,(H3,14,15,16,17). The number of rotatable bonds is 5. The summed E-state index contributed by atoms with van der Waals surface area (Å²) < 4.78 is 11.0. The van der Waals surface area contributed by atoms with E-state index in [1.807, 2.05) is 31.2 Å². The van der Waals surface area contributed by atoms with Gasteiger partial charge in [-0.1, -0.05) is 0 Å². The first kappa shape index (κ1) is 12.9. The van der Waals surface area contributed by atoms with Gasteiger partial charge in [0, 0.05) is 13.1 Å². The van der Waals surface area contributed by atoms with Crippen molar-refractivity contribution in [3.63, 3.8) is 0 Å². The van der Waals surface area contributed by atoms with E-state index in [4.69, 9.17) is 15.2 Å². The quantitative estimate of drug-likeness (QED) is 0.858. The van der Waals surface area contributed by atoms with E-state index in [-0.39, 0.29) is 5.95 Å². The van der Waals surface area contributed by atoms with E-state index in [1.165, 1.54) is 0 Å². The molecule has 1 aromatic heterocycles. The molecule has 0 spiro atoms. The number of aromatic nitrogens is 2. The van der Waals surface area contributed by atoms with E-state index in [9.17, 15) is 0 Å². The zero-order chi connectivity index (χ0) is 13.7. The summed E-state index contributed by atoms with van der Waals surface area (Å²) in [6, 6.07) is 8.96. The summed E-state index contributed by atoms with van der Waals surface area (Å²) in [4.78, 5) is 8.00. The van der Waals surface area contributed by atoms with Crippen LogP contribution in [0.2, 0.25) is 0 Å². The average molecular weight is 260 g/mol. The topological polar surface area (TPSA) is 82.3 Å². The Kier molecular flexibility index (Phi) is 4.02. The lowest BCUT2D eigenvalue weighted by Gasteiger charge is -2.08. The van der Waals surface area contributed by atoms with Gasteiger partial charge in [0.1, 0.15) is 17.3 Å². The minimum absolute atomic E-state index is 0.160. The lowest BCUT2D eigenvalue weighted by Crippen LogP contribution is -2.01. The van der Waals surface area contributed by atoms with E-state index < -0.39 is 0 Å². The highest BCUT2D eigenvalue weighted by Gasteiger charge is 2.04. The zero-order valence-corrected chi connectivity index (χ0v) is 10.9. The van der Waals surface area contributed by atoms with Crippen molar-refractivity contribution in [1.82, 2.24) is 9.97 Å². The van der Waals surface area contributed by atoms with Crippen LogP contribution in [0.5, 0.6) is 17.4 Å². The first-order valence-corrected chi connectivity index (χ1v) is 5.94. The van der Waals surface area contributed by atoms with Gasteiger partial charge in [-0.25, -0.2) is 0 Å². The third-order valence-electron chi connectivity index (χ3n) is 2.33. The number of hydrogen-bond acceptors (Lipinski definition) is 6. The van der Waals surface area contributed by atoms with Gasteiger partial charge in [0.05, 0.1) is 6.61 Å². The molecule has 2 aromatic rings. The van der Waals surface area contributed by atoms with Crippen molar-refractivity contribution in [3.05, 3.63) is 30.3 Å². The molecule has 0 fully saturated rings. The fourth-order valence-corrected chi connectivity index (χ4v) is 1.51. The zero-order valence-electron chi connectivity index (χ0n) is 10.9. The summed E-state index contributed by atoms with van der Waals surface area (Å²) in [5.74, 6) is 2.61. The molecule has 2 rings (SSSR count). The fourth-order valence-electron chi connectivity index (χ4n) is 1.51. The normalized spacial score (nSPS) is 10.0. The smallest absolute Gasteiger partial charge is 0.226 e. The van der Waals surface area contributed by atoms with E-state index in [0.29, 0.717) is 24.1 Å². The van der Waals surface area contributed by atoms with Gasteiger partial charge in [-0.3, -0.25) is 0 Å². The molecule has 6 nitrogen and oxygen atoms in total. The van der Waals surface area contributed by atoms with Gasteiger partial charge in [0.25, 0.3) is 0 Å². The van der Waals surface area contributed by atoms with Crippen LogP contribution in [-0.2, 0) is 0 Å². The highest BCUT2D eigenvalue weighted by Crippen LogP contribution is 2.24. The van der Waals surface area contributed by atoms with Crippen LogP contribution in [0.3, 0.4) is 0 Å². The van der Waals surface area contributed by atoms with Gasteiger partial charge in [0.2, 0.25) is 11.8 Å². The number of ether oxygens (including phenoxy) is 2. The van der Waals surface area contributed by atoms with Gasteiger partial charge in [0.15, 0.2) is 0 Å². The van der Waals surface area contributed by atoms with Crippen molar-refractivity contribution < 1.29 is 9.47 Å². The average Bonchev–Trinajstić information content (AvgIpc) is 2.40. The van der Waals surface area contributed by atoms with Gasteiger partial charge in [-0.05, 0) is 31.2 Å². The molecule has 0 bridgehead atoms. The van der Waals surface area contributed by atoms with Crippen LogP contribution in [0.25, 0.3) is 0 Å². The predicted octanol–water partition coefficient (Wildman–Crippen LogP) is 2.29. The van der Waals surface area contributed by atoms with E-state index in [2.05, 4.69) is 15.3 Å². The van der Waals surface area contributed by atoms with Crippen molar-refractivity contribution >= 4 is 11.8 Å². The van der Waals surface area contributed by atoms with Gasteiger partial charge < -0.3 is 20.5 Å². The number of nitrogen functional groups attached to an aromatic ring is 1. The van der Waals surface area contributed by atoms with E-state index in [1.54, 1.807) is 13.1 Å². The van der Waals surface area contributed by atoms with Crippen molar-refractivity contribution in [3.8, 4) is 17.4 Å². The van der Waals surface area contributed by atoms with Crippen LogP contribution in [0, 0.1) is 0 Å². The third kappa shape index (κ3) is 3.48. The molecule has 3 N–H and O–H groups in total. The molecule has 0 amide bonds. The van der Waals surface area contributed by atoms with Crippen LogP contribution in [-0.4, -0.2) is 23.6 Å². The summed E-state index contributed by atoms with van der Waals surface area (Å²) in [5, 5.41) is 2.89. The fraction of sp³-hybridized carbons (Fsp3) is 0.231. The van der Waals surface area contributed by atoms with Crippen LogP contribution in [0.4, 0.5) is 11.8 Å². The highest BCUT2D eigenvalue weighted by molar-refractivity contribution is 5.43. The maximum absolute atomic E-state index is 5.61. The van der Waals surface area contributed by atoms with Crippen LogP contribution in [0.15, 0.2) is 30.3 Å². The largest absolute Gasteiger partial charge is 0.494 e. The van der Waals surface area contributed by atoms with E-state index in [0.717, 1.165) is 5.75 Å². The molecule has 0 aliphatic carbocycles. The summed E-state index contributed by atoms with van der Waals surface area (Å²) >= 11 is 0. The van der Waals surface area contributed by atoms with Crippen molar-refractivity contribution in [2.75, 3.05) is 24.7 Å². The minimum atomic E-state index is 0.160. The molecule has 0 saturated heterocycles. The van der Waals surface area contributed by atoms with Crippen molar-refractivity contribution in [2.45, 2.75) is 6.92 Å². The molecule has 1 heterocycles. The Labute approximate surface area is 111 Å².